The standard InChI is InChI=1S/C13H22N2O2S/c1-4-14-10(2)11-9-15-12(18-11)13(16-3)5-7-17-8-6-13/h9-10,14H,4-8H2,1-3H3. The lowest BCUT2D eigenvalue weighted by Gasteiger charge is -2.33. The quantitative estimate of drug-likeness (QED) is 0.892. The zero-order chi connectivity index (χ0) is 13.0. The Bertz CT molecular complexity index is 375. The molecule has 1 atom stereocenters. The van der Waals surface area contributed by atoms with Gasteiger partial charge in [-0.3, -0.25) is 0 Å². The lowest BCUT2D eigenvalue weighted by molar-refractivity contribution is -0.0948. The maximum atomic E-state index is 5.77. The second kappa shape index (κ2) is 6.10. The van der Waals surface area contributed by atoms with Crippen LogP contribution in [0.15, 0.2) is 6.20 Å². The summed E-state index contributed by atoms with van der Waals surface area (Å²) in [4.78, 5) is 5.86. The minimum absolute atomic E-state index is 0.229. The maximum absolute atomic E-state index is 5.77. The zero-order valence-electron chi connectivity index (χ0n) is 11.4. The van der Waals surface area contributed by atoms with E-state index in [9.17, 15) is 0 Å². The van der Waals surface area contributed by atoms with Crippen LogP contribution in [0.1, 0.15) is 42.6 Å². The molecule has 1 aromatic heterocycles. The molecule has 1 unspecified atom stereocenters. The molecule has 1 saturated heterocycles. The van der Waals surface area contributed by atoms with Gasteiger partial charge in [0.05, 0.1) is 0 Å². The fourth-order valence-corrected chi connectivity index (χ4v) is 3.48. The van der Waals surface area contributed by atoms with E-state index < -0.39 is 0 Å². The van der Waals surface area contributed by atoms with Gasteiger partial charge in [0.25, 0.3) is 0 Å². The summed E-state index contributed by atoms with van der Waals surface area (Å²) in [6.07, 6.45) is 3.77. The molecule has 18 heavy (non-hydrogen) atoms. The van der Waals surface area contributed by atoms with Crippen LogP contribution in [0.5, 0.6) is 0 Å². The van der Waals surface area contributed by atoms with Crippen molar-refractivity contribution in [1.29, 1.82) is 0 Å². The third-order valence-electron chi connectivity index (χ3n) is 3.54. The topological polar surface area (TPSA) is 43.4 Å². The number of methoxy groups -OCH3 is 1. The predicted molar refractivity (Wildman–Crippen MR) is 72.9 cm³/mol. The molecule has 1 aliphatic heterocycles. The van der Waals surface area contributed by atoms with E-state index in [-0.39, 0.29) is 5.60 Å². The Morgan fingerprint density at radius 3 is 2.89 bits per heavy atom. The molecule has 0 saturated carbocycles. The van der Waals surface area contributed by atoms with Gasteiger partial charge in [-0.05, 0) is 13.5 Å². The second-order valence-corrected chi connectivity index (χ2v) is 5.72. The molecule has 1 fully saturated rings. The van der Waals surface area contributed by atoms with Crippen LogP contribution in [0.2, 0.25) is 0 Å². The normalized spacial score (nSPS) is 20.8. The van der Waals surface area contributed by atoms with Crippen molar-refractivity contribution in [3.63, 3.8) is 0 Å². The number of hydrogen-bond donors (Lipinski definition) is 1. The zero-order valence-corrected chi connectivity index (χ0v) is 12.2. The highest BCUT2D eigenvalue weighted by Gasteiger charge is 2.37. The van der Waals surface area contributed by atoms with Gasteiger partial charge in [-0.15, -0.1) is 11.3 Å². The summed E-state index contributed by atoms with van der Waals surface area (Å²) in [6.45, 7) is 6.77. The molecule has 0 aliphatic carbocycles. The first-order chi connectivity index (χ1) is 8.72. The predicted octanol–water partition coefficient (Wildman–Crippen LogP) is 2.47. The van der Waals surface area contributed by atoms with Crippen molar-refractivity contribution < 1.29 is 9.47 Å². The van der Waals surface area contributed by atoms with Crippen LogP contribution in [0.25, 0.3) is 0 Å². The molecule has 2 heterocycles. The van der Waals surface area contributed by atoms with Gasteiger partial charge in [0, 0.05) is 50.3 Å². The van der Waals surface area contributed by atoms with Crippen molar-refractivity contribution in [3.05, 3.63) is 16.1 Å². The minimum atomic E-state index is -0.229. The monoisotopic (exact) mass is 270 g/mol. The number of rotatable bonds is 5. The van der Waals surface area contributed by atoms with E-state index in [1.54, 1.807) is 18.4 Å². The Morgan fingerprint density at radius 1 is 1.56 bits per heavy atom. The fraction of sp³-hybridized carbons (Fsp3) is 0.769. The number of ether oxygens (including phenoxy) is 2. The van der Waals surface area contributed by atoms with Gasteiger partial charge < -0.3 is 14.8 Å². The fourth-order valence-electron chi connectivity index (χ4n) is 2.31. The molecule has 0 spiro atoms. The molecule has 1 aliphatic rings. The van der Waals surface area contributed by atoms with E-state index in [4.69, 9.17) is 9.47 Å². The third-order valence-corrected chi connectivity index (χ3v) is 4.91. The summed E-state index contributed by atoms with van der Waals surface area (Å²) in [5.41, 5.74) is -0.229. The van der Waals surface area contributed by atoms with E-state index in [0.717, 1.165) is 37.6 Å². The Hall–Kier alpha value is -0.490. The number of hydrogen-bond acceptors (Lipinski definition) is 5. The molecule has 4 nitrogen and oxygen atoms in total. The highest BCUT2D eigenvalue weighted by atomic mass is 32.1. The number of aromatic nitrogens is 1. The van der Waals surface area contributed by atoms with Gasteiger partial charge in [0.15, 0.2) is 0 Å². The van der Waals surface area contributed by atoms with Crippen LogP contribution in [0.4, 0.5) is 0 Å². The van der Waals surface area contributed by atoms with Crippen molar-refractivity contribution in [1.82, 2.24) is 10.3 Å². The van der Waals surface area contributed by atoms with Crippen molar-refractivity contribution in [2.45, 2.75) is 38.3 Å². The molecule has 0 bridgehead atoms. The van der Waals surface area contributed by atoms with E-state index in [1.807, 2.05) is 6.20 Å². The summed E-state index contributed by atoms with van der Waals surface area (Å²) in [6, 6.07) is 0.356. The molecule has 1 N–H and O–H groups in total. The van der Waals surface area contributed by atoms with Gasteiger partial charge in [-0.1, -0.05) is 6.92 Å². The van der Waals surface area contributed by atoms with Crippen molar-refractivity contribution in [2.24, 2.45) is 0 Å². The van der Waals surface area contributed by atoms with Gasteiger partial charge in [0.2, 0.25) is 0 Å². The van der Waals surface area contributed by atoms with Crippen LogP contribution in [-0.2, 0) is 15.1 Å². The number of nitrogens with zero attached hydrogens (tertiary/aromatic N) is 1. The molecule has 102 valence electrons. The molecule has 1 aromatic rings. The van der Waals surface area contributed by atoms with E-state index in [0.29, 0.717) is 6.04 Å². The van der Waals surface area contributed by atoms with E-state index >= 15 is 0 Å². The first kappa shape index (κ1) is 13.9. The molecule has 0 amide bonds. The Labute approximate surface area is 113 Å². The molecular weight excluding hydrogens is 248 g/mol. The first-order valence-corrected chi connectivity index (χ1v) is 7.36. The van der Waals surface area contributed by atoms with Gasteiger partial charge in [-0.2, -0.15) is 0 Å². The molecule has 0 radical (unpaired) electrons. The third kappa shape index (κ3) is 2.74. The van der Waals surface area contributed by atoms with Crippen LogP contribution in [0, 0.1) is 0 Å². The second-order valence-electron chi connectivity index (χ2n) is 4.66. The van der Waals surface area contributed by atoms with Gasteiger partial charge in [-0.25, -0.2) is 4.98 Å². The highest BCUT2D eigenvalue weighted by molar-refractivity contribution is 7.11. The van der Waals surface area contributed by atoms with Crippen molar-refractivity contribution >= 4 is 11.3 Å². The lowest BCUT2D eigenvalue weighted by atomic mass is 9.95. The maximum Gasteiger partial charge on any atom is 0.125 e. The average molecular weight is 270 g/mol. The SMILES string of the molecule is CCNC(C)c1cnc(C2(OC)CCOCC2)s1. The molecular formula is C13H22N2O2S. The Balaban J connectivity index is 2.16. The van der Waals surface area contributed by atoms with E-state index in [2.05, 4.69) is 24.1 Å². The Kier molecular flexibility index (Phi) is 4.72. The number of thiazole rings is 1. The summed E-state index contributed by atoms with van der Waals surface area (Å²) < 4.78 is 11.2. The highest BCUT2D eigenvalue weighted by Crippen LogP contribution is 2.38. The summed E-state index contributed by atoms with van der Waals surface area (Å²) in [5.74, 6) is 0. The lowest BCUT2D eigenvalue weighted by Crippen LogP contribution is -2.35. The average Bonchev–Trinajstić information content (AvgIpc) is 2.90. The van der Waals surface area contributed by atoms with E-state index in [1.165, 1.54) is 4.88 Å². The van der Waals surface area contributed by atoms with Crippen LogP contribution in [-0.4, -0.2) is 31.9 Å². The molecule has 2 rings (SSSR count). The first-order valence-electron chi connectivity index (χ1n) is 6.54. The van der Waals surface area contributed by atoms with Crippen LogP contribution in [0.3, 0.4) is 0 Å². The van der Waals surface area contributed by atoms with Crippen LogP contribution < -0.4 is 5.32 Å². The summed E-state index contributed by atoms with van der Waals surface area (Å²) in [7, 11) is 1.78. The van der Waals surface area contributed by atoms with Gasteiger partial charge in [0.1, 0.15) is 10.6 Å². The molecule has 5 heteroatoms. The number of nitrogens with one attached hydrogen (secondary N) is 1. The Morgan fingerprint density at radius 2 is 2.28 bits per heavy atom. The molecule has 0 aromatic carbocycles. The summed E-state index contributed by atoms with van der Waals surface area (Å²) >= 11 is 1.76. The van der Waals surface area contributed by atoms with Crippen molar-refractivity contribution in [2.75, 3.05) is 26.9 Å². The van der Waals surface area contributed by atoms with Crippen LogP contribution >= 0.6 is 11.3 Å². The summed E-state index contributed by atoms with van der Waals surface area (Å²) in [5, 5.41) is 4.50. The van der Waals surface area contributed by atoms with Gasteiger partial charge >= 0.3 is 0 Å². The largest absolute Gasteiger partial charge is 0.381 e. The minimum Gasteiger partial charge on any atom is -0.381 e. The van der Waals surface area contributed by atoms with Crippen molar-refractivity contribution in [3.8, 4) is 0 Å². The smallest absolute Gasteiger partial charge is 0.125 e.